The van der Waals surface area contributed by atoms with Gasteiger partial charge in [0.25, 0.3) is 0 Å². The van der Waals surface area contributed by atoms with E-state index in [1.165, 1.54) is 89.9 Å². The van der Waals surface area contributed by atoms with E-state index in [0.717, 1.165) is 0 Å². The lowest BCUT2D eigenvalue weighted by molar-refractivity contribution is 0.555. The Morgan fingerprint density at radius 2 is 1.41 bits per heavy atom. The summed E-state index contributed by atoms with van der Waals surface area (Å²) < 4.78 is 0. The zero-order valence-corrected chi connectivity index (χ0v) is 12.0. The Bertz CT molecular complexity index is 190. The monoisotopic (exact) mass is 236 g/mol. The van der Waals surface area contributed by atoms with Crippen molar-refractivity contribution >= 4 is 0 Å². The molecule has 0 atom stereocenters. The van der Waals surface area contributed by atoms with Gasteiger partial charge in [0.15, 0.2) is 0 Å². The average Bonchev–Trinajstić information content (AvgIpc) is 2.85. The molecule has 0 heterocycles. The van der Waals surface area contributed by atoms with E-state index in [2.05, 4.69) is 13.0 Å². The van der Waals surface area contributed by atoms with E-state index < -0.39 is 0 Å². The zero-order chi connectivity index (χ0) is 12.2. The SMILES string of the molecule is CCCCCCCCCCCCC1=CCCC1. The van der Waals surface area contributed by atoms with Crippen molar-refractivity contribution in [1.29, 1.82) is 0 Å². The van der Waals surface area contributed by atoms with Gasteiger partial charge in [-0.25, -0.2) is 0 Å². The Balaban J connectivity index is 1.72. The van der Waals surface area contributed by atoms with Gasteiger partial charge in [0.1, 0.15) is 0 Å². The van der Waals surface area contributed by atoms with Crippen molar-refractivity contribution in [3.8, 4) is 0 Å². The topological polar surface area (TPSA) is 0 Å². The smallest absolute Gasteiger partial charge is 0.0317 e. The molecule has 17 heavy (non-hydrogen) atoms. The first kappa shape index (κ1) is 14.8. The van der Waals surface area contributed by atoms with E-state index in [0.29, 0.717) is 0 Å². The van der Waals surface area contributed by atoms with Crippen molar-refractivity contribution in [2.75, 3.05) is 0 Å². The summed E-state index contributed by atoms with van der Waals surface area (Å²) in [6.07, 6.45) is 22.6. The number of hydrogen-bond acceptors (Lipinski definition) is 0. The predicted octanol–water partition coefficient (Wildman–Crippen LogP) is 6.41. The third kappa shape index (κ3) is 8.46. The van der Waals surface area contributed by atoms with E-state index >= 15 is 0 Å². The molecule has 0 aromatic heterocycles. The molecule has 0 fully saturated rings. The van der Waals surface area contributed by atoms with Crippen LogP contribution < -0.4 is 0 Å². The Morgan fingerprint density at radius 3 is 1.94 bits per heavy atom. The molecule has 0 saturated heterocycles. The fourth-order valence-corrected chi connectivity index (χ4v) is 2.80. The normalized spacial score (nSPS) is 15.2. The number of unbranched alkanes of at least 4 members (excludes halogenated alkanes) is 9. The minimum absolute atomic E-state index is 1.35. The first-order chi connectivity index (χ1) is 8.43. The largest absolute Gasteiger partial charge is 0.0853 e. The molecule has 100 valence electrons. The highest BCUT2D eigenvalue weighted by molar-refractivity contribution is 5.06. The van der Waals surface area contributed by atoms with Crippen LogP contribution in [0.15, 0.2) is 11.6 Å². The number of hydrogen-bond donors (Lipinski definition) is 0. The van der Waals surface area contributed by atoms with Gasteiger partial charge in [-0.1, -0.05) is 76.4 Å². The second-order valence-electron chi connectivity index (χ2n) is 5.69. The quantitative estimate of drug-likeness (QED) is 0.287. The summed E-state index contributed by atoms with van der Waals surface area (Å²) in [5.41, 5.74) is 1.75. The second-order valence-corrected chi connectivity index (χ2v) is 5.69. The number of allylic oxidation sites excluding steroid dienone is 2. The van der Waals surface area contributed by atoms with Gasteiger partial charge in [0.2, 0.25) is 0 Å². The molecule has 1 rings (SSSR count). The van der Waals surface area contributed by atoms with Gasteiger partial charge < -0.3 is 0 Å². The van der Waals surface area contributed by atoms with Gasteiger partial charge in [0, 0.05) is 0 Å². The van der Waals surface area contributed by atoms with Crippen molar-refractivity contribution in [3.63, 3.8) is 0 Å². The van der Waals surface area contributed by atoms with Crippen molar-refractivity contribution in [2.45, 2.75) is 96.8 Å². The van der Waals surface area contributed by atoms with Gasteiger partial charge in [-0.05, 0) is 32.1 Å². The molecule has 0 saturated carbocycles. The first-order valence-electron chi connectivity index (χ1n) is 8.11. The molecular formula is C17H32. The molecule has 0 bridgehead atoms. The van der Waals surface area contributed by atoms with Crippen LogP contribution in [0.5, 0.6) is 0 Å². The van der Waals surface area contributed by atoms with Crippen LogP contribution in [0.1, 0.15) is 96.8 Å². The van der Waals surface area contributed by atoms with E-state index in [-0.39, 0.29) is 0 Å². The van der Waals surface area contributed by atoms with Crippen molar-refractivity contribution in [2.24, 2.45) is 0 Å². The van der Waals surface area contributed by atoms with Crippen LogP contribution in [0.4, 0.5) is 0 Å². The summed E-state index contributed by atoms with van der Waals surface area (Å²) in [5.74, 6) is 0. The van der Waals surface area contributed by atoms with E-state index in [9.17, 15) is 0 Å². The van der Waals surface area contributed by atoms with Crippen LogP contribution in [-0.2, 0) is 0 Å². The van der Waals surface area contributed by atoms with Gasteiger partial charge in [-0.2, -0.15) is 0 Å². The van der Waals surface area contributed by atoms with Gasteiger partial charge >= 0.3 is 0 Å². The molecule has 0 N–H and O–H groups in total. The zero-order valence-electron chi connectivity index (χ0n) is 12.0. The minimum atomic E-state index is 1.35. The van der Waals surface area contributed by atoms with Crippen molar-refractivity contribution < 1.29 is 0 Å². The van der Waals surface area contributed by atoms with Crippen LogP contribution in [0.2, 0.25) is 0 Å². The van der Waals surface area contributed by atoms with Crippen molar-refractivity contribution in [1.82, 2.24) is 0 Å². The Kier molecular flexibility index (Phi) is 9.46. The van der Waals surface area contributed by atoms with Crippen LogP contribution in [0, 0.1) is 0 Å². The summed E-state index contributed by atoms with van der Waals surface area (Å²) in [5, 5.41) is 0. The molecule has 1 aliphatic rings. The van der Waals surface area contributed by atoms with E-state index in [1.54, 1.807) is 5.57 Å². The van der Waals surface area contributed by atoms with E-state index in [1.807, 2.05) is 0 Å². The Morgan fingerprint density at radius 1 is 0.824 bits per heavy atom. The lowest BCUT2D eigenvalue weighted by Gasteiger charge is -2.03. The van der Waals surface area contributed by atoms with Crippen LogP contribution in [-0.4, -0.2) is 0 Å². The molecule has 0 unspecified atom stereocenters. The molecule has 0 aromatic carbocycles. The third-order valence-electron chi connectivity index (χ3n) is 3.99. The maximum absolute atomic E-state index is 2.48. The molecule has 0 spiro atoms. The lowest BCUT2D eigenvalue weighted by Crippen LogP contribution is -1.83. The van der Waals surface area contributed by atoms with Gasteiger partial charge in [-0.3, -0.25) is 0 Å². The van der Waals surface area contributed by atoms with Crippen LogP contribution >= 0.6 is 0 Å². The fourth-order valence-electron chi connectivity index (χ4n) is 2.80. The highest BCUT2D eigenvalue weighted by atomic mass is 14.1. The highest BCUT2D eigenvalue weighted by Gasteiger charge is 2.03. The summed E-state index contributed by atoms with van der Waals surface area (Å²) in [6.45, 7) is 2.29. The maximum atomic E-state index is 2.48. The lowest BCUT2D eigenvalue weighted by atomic mass is 10.0. The molecule has 0 amide bonds. The third-order valence-corrected chi connectivity index (χ3v) is 3.99. The predicted molar refractivity (Wildman–Crippen MR) is 78.4 cm³/mol. The molecule has 0 heteroatoms. The Hall–Kier alpha value is -0.260. The molecule has 0 aliphatic heterocycles. The van der Waals surface area contributed by atoms with Gasteiger partial charge in [-0.15, -0.1) is 0 Å². The van der Waals surface area contributed by atoms with Crippen molar-refractivity contribution in [3.05, 3.63) is 11.6 Å². The standard InChI is InChI=1S/C17H32/c1-2-3-4-5-6-7-8-9-10-11-14-17-15-12-13-16-17/h15H,2-14,16H2,1H3. The van der Waals surface area contributed by atoms with Gasteiger partial charge in [0.05, 0.1) is 0 Å². The first-order valence-corrected chi connectivity index (χ1v) is 8.11. The summed E-state index contributed by atoms with van der Waals surface area (Å²) in [7, 11) is 0. The average molecular weight is 236 g/mol. The molecular weight excluding hydrogens is 204 g/mol. The minimum Gasteiger partial charge on any atom is -0.0853 e. The highest BCUT2D eigenvalue weighted by Crippen LogP contribution is 2.23. The molecule has 1 aliphatic carbocycles. The molecule has 0 aromatic rings. The number of rotatable bonds is 11. The van der Waals surface area contributed by atoms with E-state index in [4.69, 9.17) is 0 Å². The molecule has 0 radical (unpaired) electrons. The maximum Gasteiger partial charge on any atom is -0.0317 e. The summed E-state index contributed by atoms with van der Waals surface area (Å²) in [6, 6.07) is 0. The van der Waals surface area contributed by atoms with Crippen LogP contribution in [0.3, 0.4) is 0 Å². The summed E-state index contributed by atoms with van der Waals surface area (Å²) in [4.78, 5) is 0. The second kappa shape index (κ2) is 10.9. The summed E-state index contributed by atoms with van der Waals surface area (Å²) >= 11 is 0. The Labute approximate surface area is 109 Å². The molecule has 0 nitrogen and oxygen atoms in total. The van der Waals surface area contributed by atoms with Crippen LogP contribution in [0.25, 0.3) is 0 Å². The fraction of sp³-hybridized carbons (Fsp3) is 0.882.